The maximum absolute atomic E-state index is 13.1. The number of para-hydroxylation sites is 1. The summed E-state index contributed by atoms with van der Waals surface area (Å²) in [5.74, 6) is -0.380. The molecule has 0 aliphatic carbocycles. The summed E-state index contributed by atoms with van der Waals surface area (Å²) in [7, 11) is 1.81. The van der Waals surface area contributed by atoms with Crippen LogP contribution in [0, 0.1) is 0 Å². The van der Waals surface area contributed by atoms with E-state index >= 15 is 0 Å². The number of carbonyl (C=O) groups is 1. The number of rotatable bonds is 5. The molecule has 0 spiro atoms. The van der Waals surface area contributed by atoms with E-state index in [1.165, 1.54) is 6.08 Å². The lowest BCUT2D eigenvalue weighted by Crippen LogP contribution is -2.22. The van der Waals surface area contributed by atoms with Crippen molar-refractivity contribution in [2.75, 3.05) is 5.32 Å². The van der Waals surface area contributed by atoms with Crippen molar-refractivity contribution < 1.29 is 4.79 Å². The summed E-state index contributed by atoms with van der Waals surface area (Å²) in [6, 6.07) is 14.3. The molecule has 0 bridgehead atoms. The zero-order chi connectivity index (χ0) is 21.1. The molecule has 0 atom stereocenters. The average molecular weight is 430 g/mol. The first-order valence-electron chi connectivity index (χ1n) is 9.10. The first-order valence-corrected chi connectivity index (χ1v) is 9.86. The summed E-state index contributed by atoms with van der Waals surface area (Å²) in [5.41, 5.74) is 2.15. The normalized spacial score (nSPS) is 11.4. The number of hydrogen-bond donors (Lipinski definition) is 1. The number of benzene rings is 2. The third-order valence-corrected chi connectivity index (χ3v) is 4.86. The van der Waals surface area contributed by atoms with Crippen molar-refractivity contribution in [2.24, 2.45) is 7.05 Å². The number of amides is 1. The summed E-state index contributed by atoms with van der Waals surface area (Å²) >= 11 is 12.0. The standard InChI is InChI=1S/C22H21Cl2N3O2/c1-14(2)21-20(22(29)27(26(21)3)18-7-5-4-6-8-18)25-19(28)10-9-15-11-16(23)13-17(24)12-15/h4-14H,1-3H3,(H,25,28). The van der Waals surface area contributed by atoms with Crippen molar-refractivity contribution in [3.8, 4) is 5.69 Å². The molecule has 0 radical (unpaired) electrons. The minimum Gasteiger partial charge on any atom is -0.316 e. The van der Waals surface area contributed by atoms with Gasteiger partial charge in [-0.2, -0.15) is 0 Å². The molecule has 1 aromatic heterocycles. The van der Waals surface area contributed by atoms with E-state index < -0.39 is 5.91 Å². The van der Waals surface area contributed by atoms with Crippen LogP contribution in [0.3, 0.4) is 0 Å². The fraction of sp³-hybridized carbons (Fsp3) is 0.182. The van der Waals surface area contributed by atoms with Crippen LogP contribution in [0.15, 0.2) is 59.4 Å². The first-order chi connectivity index (χ1) is 13.8. The predicted molar refractivity (Wildman–Crippen MR) is 119 cm³/mol. The summed E-state index contributed by atoms with van der Waals surface area (Å²) in [4.78, 5) is 25.6. The molecule has 0 saturated heterocycles. The summed E-state index contributed by atoms with van der Waals surface area (Å²) in [5, 5.41) is 3.70. The van der Waals surface area contributed by atoms with Crippen LogP contribution in [0.1, 0.15) is 31.0 Å². The maximum Gasteiger partial charge on any atom is 0.295 e. The lowest BCUT2D eigenvalue weighted by Gasteiger charge is -2.12. The van der Waals surface area contributed by atoms with Crippen molar-refractivity contribution in [2.45, 2.75) is 19.8 Å². The molecule has 3 rings (SSSR count). The fourth-order valence-electron chi connectivity index (χ4n) is 3.27. The minimum atomic E-state index is -0.411. The van der Waals surface area contributed by atoms with Crippen molar-refractivity contribution in [1.29, 1.82) is 0 Å². The van der Waals surface area contributed by atoms with Gasteiger partial charge in [0, 0.05) is 23.2 Å². The molecule has 1 N–H and O–H groups in total. The number of anilines is 1. The van der Waals surface area contributed by atoms with Crippen LogP contribution in [-0.4, -0.2) is 15.3 Å². The van der Waals surface area contributed by atoms with Crippen LogP contribution in [-0.2, 0) is 11.8 Å². The molecular formula is C22H21Cl2N3O2. The topological polar surface area (TPSA) is 56.0 Å². The summed E-state index contributed by atoms with van der Waals surface area (Å²) in [6.07, 6.45) is 2.95. The molecule has 0 unspecified atom stereocenters. The first kappa shape index (κ1) is 21.0. The van der Waals surface area contributed by atoms with Gasteiger partial charge >= 0.3 is 0 Å². The highest BCUT2D eigenvalue weighted by Gasteiger charge is 2.22. The molecule has 1 amide bonds. The van der Waals surface area contributed by atoms with E-state index in [1.54, 1.807) is 33.6 Å². The van der Waals surface area contributed by atoms with Gasteiger partial charge in [-0.25, -0.2) is 4.68 Å². The second kappa shape index (κ2) is 8.72. The molecule has 150 valence electrons. The third-order valence-electron chi connectivity index (χ3n) is 4.42. The molecule has 1 heterocycles. The lowest BCUT2D eigenvalue weighted by molar-refractivity contribution is -0.111. The van der Waals surface area contributed by atoms with Crippen molar-refractivity contribution in [3.05, 3.63) is 86.3 Å². The highest BCUT2D eigenvalue weighted by atomic mass is 35.5. The monoisotopic (exact) mass is 429 g/mol. The van der Waals surface area contributed by atoms with Gasteiger partial charge < -0.3 is 5.32 Å². The lowest BCUT2D eigenvalue weighted by atomic mass is 10.1. The molecule has 5 nitrogen and oxygen atoms in total. The number of aromatic nitrogens is 2. The van der Waals surface area contributed by atoms with Crippen LogP contribution in [0.5, 0.6) is 0 Å². The van der Waals surface area contributed by atoms with Gasteiger partial charge in [0.1, 0.15) is 5.69 Å². The van der Waals surface area contributed by atoms with Crippen LogP contribution < -0.4 is 10.9 Å². The second-order valence-corrected chi connectivity index (χ2v) is 7.79. The zero-order valence-corrected chi connectivity index (χ0v) is 17.8. The fourth-order valence-corrected chi connectivity index (χ4v) is 3.81. The van der Waals surface area contributed by atoms with Crippen LogP contribution in [0.4, 0.5) is 5.69 Å². The predicted octanol–water partition coefficient (Wildman–Crippen LogP) is 5.26. The molecule has 0 aliphatic rings. The van der Waals surface area contributed by atoms with Gasteiger partial charge in [-0.15, -0.1) is 0 Å². The Bertz CT molecular complexity index is 1110. The zero-order valence-electron chi connectivity index (χ0n) is 16.3. The quantitative estimate of drug-likeness (QED) is 0.562. The number of nitrogens with zero attached hydrogens (tertiary/aromatic N) is 2. The molecule has 0 fully saturated rings. The third kappa shape index (κ3) is 4.63. The van der Waals surface area contributed by atoms with Crippen LogP contribution in [0.25, 0.3) is 11.8 Å². The molecular weight excluding hydrogens is 409 g/mol. The summed E-state index contributed by atoms with van der Waals surface area (Å²) in [6.45, 7) is 3.95. The van der Waals surface area contributed by atoms with Crippen LogP contribution in [0.2, 0.25) is 10.0 Å². The van der Waals surface area contributed by atoms with Gasteiger partial charge in [0.05, 0.1) is 11.4 Å². The Labute approximate surface area is 179 Å². The number of carbonyl (C=O) groups excluding carboxylic acids is 1. The second-order valence-electron chi connectivity index (χ2n) is 6.92. The largest absolute Gasteiger partial charge is 0.316 e. The van der Waals surface area contributed by atoms with E-state index in [2.05, 4.69) is 5.32 Å². The Hall–Kier alpha value is -2.76. The molecule has 7 heteroatoms. The van der Waals surface area contributed by atoms with Gasteiger partial charge in [0.15, 0.2) is 0 Å². The van der Waals surface area contributed by atoms with E-state index in [-0.39, 0.29) is 17.2 Å². The Morgan fingerprint density at radius 1 is 1.07 bits per heavy atom. The Balaban J connectivity index is 1.95. The maximum atomic E-state index is 13.1. The molecule has 0 saturated carbocycles. The van der Waals surface area contributed by atoms with Crippen molar-refractivity contribution in [1.82, 2.24) is 9.36 Å². The van der Waals surface area contributed by atoms with E-state index in [4.69, 9.17) is 23.2 Å². The Kier molecular flexibility index (Phi) is 6.30. The van der Waals surface area contributed by atoms with Gasteiger partial charge in [-0.3, -0.25) is 14.3 Å². The number of hydrogen-bond acceptors (Lipinski definition) is 2. The van der Waals surface area contributed by atoms with Gasteiger partial charge in [0.2, 0.25) is 5.91 Å². The van der Waals surface area contributed by atoms with Crippen LogP contribution >= 0.6 is 23.2 Å². The van der Waals surface area contributed by atoms with Gasteiger partial charge in [0.25, 0.3) is 5.56 Å². The van der Waals surface area contributed by atoms with Gasteiger partial charge in [-0.05, 0) is 47.9 Å². The molecule has 29 heavy (non-hydrogen) atoms. The Morgan fingerprint density at radius 3 is 2.28 bits per heavy atom. The van der Waals surface area contributed by atoms with Crippen molar-refractivity contribution >= 4 is 40.9 Å². The highest BCUT2D eigenvalue weighted by molar-refractivity contribution is 6.34. The van der Waals surface area contributed by atoms with Gasteiger partial charge in [-0.1, -0.05) is 55.2 Å². The number of halogens is 2. The van der Waals surface area contributed by atoms with E-state index in [0.29, 0.717) is 15.6 Å². The SMILES string of the molecule is CC(C)c1c(NC(=O)C=Cc2cc(Cl)cc(Cl)c2)c(=O)n(-c2ccccc2)n1C. The van der Waals surface area contributed by atoms with E-state index in [0.717, 1.165) is 11.4 Å². The minimum absolute atomic E-state index is 0.0312. The average Bonchev–Trinajstić information content (AvgIpc) is 2.90. The highest BCUT2D eigenvalue weighted by Crippen LogP contribution is 2.23. The molecule has 2 aromatic carbocycles. The smallest absolute Gasteiger partial charge is 0.295 e. The van der Waals surface area contributed by atoms with Crippen molar-refractivity contribution in [3.63, 3.8) is 0 Å². The summed E-state index contributed by atoms with van der Waals surface area (Å²) < 4.78 is 3.32. The Morgan fingerprint density at radius 2 is 1.69 bits per heavy atom. The van der Waals surface area contributed by atoms with E-state index in [1.807, 2.05) is 51.2 Å². The van der Waals surface area contributed by atoms with E-state index in [9.17, 15) is 9.59 Å². The molecule has 3 aromatic rings. The number of nitrogens with one attached hydrogen (secondary N) is 1. The molecule has 0 aliphatic heterocycles.